The van der Waals surface area contributed by atoms with E-state index in [0.29, 0.717) is 10.4 Å². The number of aromatic nitrogens is 2. The van der Waals surface area contributed by atoms with Gasteiger partial charge in [-0.15, -0.1) is 11.8 Å². The van der Waals surface area contributed by atoms with Crippen LogP contribution in [0.4, 0.5) is 4.39 Å². The van der Waals surface area contributed by atoms with Gasteiger partial charge in [-0.1, -0.05) is 23.7 Å². The van der Waals surface area contributed by atoms with Gasteiger partial charge >= 0.3 is 5.97 Å². The molecule has 1 heterocycles. The maximum Gasteiger partial charge on any atom is 0.345 e. The highest BCUT2D eigenvalue weighted by Crippen LogP contribution is 2.28. The lowest BCUT2D eigenvalue weighted by Gasteiger charge is -2.07. The van der Waals surface area contributed by atoms with Crippen LogP contribution in [0.1, 0.15) is 5.82 Å². The predicted molar refractivity (Wildman–Crippen MR) is 99.8 cm³/mol. The summed E-state index contributed by atoms with van der Waals surface area (Å²) in [5, 5.41) is 10.5. The SMILES string of the molecule is COC(=O)/C(=C(/O)CSc1ccc(F)c(Cl)c1)c1nc2ccccc2[nH]1. The van der Waals surface area contributed by atoms with E-state index >= 15 is 0 Å². The van der Waals surface area contributed by atoms with Crippen molar-refractivity contribution >= 4 is 45.9 Å². The molecule has 0 atom stereocenters. The van der Waals surface area contributed by atoms with E-state index in [2.05, 4.69) is 9.97 Å². The van der Waals surface area contributed by atoms with Gasteiger partial charge in [0.25, 0.3) is 0 Å². The Labute approximate surface area is 157 Å². The van der Waals surface area contributed by atoms with Gasteiger partial charge in [0.05, 0.1) is 28.9 Å². The number of methoxy groups -OCH3 is 1. The Bertz CT molecular complexity index is 970. The predicted octanol–water partition coefficient (Wildman–Crippen LogP) is 4.59. The Morgan fingerprint density at radius 3 is 2.81 bits per heavy atom. The van der Waals surface area contributed by atoms with E-state index < -0.39 is 11.8 Å². The van der Waals surface area contributed by atoms with E-state index in [0.717, 1.165) is 5.52 Å². The molecule has 0 bridgehead atoms. The summed E-state index contributed by atoms with van der Waals surface area (Å²) < 4.78 is 18.0. The second-order valence-corrected chi connectivity index (χ2v) is 6.74. The molecule has 0 amide bonds. The number of rotatable bonds is 5. The van der Waals surface area contributed by atoms with Gasteiger partial charge in [0.2, 0.25) is 0 Å². The summed E-state index contributed by atoms with van der Waals surface area (Å²) in [5.41, 5.74) is 1.34. The maximum atomic E-state index is 13.2. The zero-order valence-corrected chi connectivity index (χ0v) is 15.2. The number of nitrogens with zero attached hydrogens (tertiary/aromatic N) is 1. The van der Waals surface area contributed by atoms with E-state index in [1.165, 1.54) is 37.1 Å². The average molecular weight is 393 g/mol. The first-order chi connectivity index (χ1) is 12.5. The third-order valence-electron chi connectivity index (χ3n) is 3.57. The number of ether oxygens (including phenoxy) is 1. The van der Waals surface area contributed by atoms with Gasteiger partial charge in [-0.25, -0.2) is 14.2 Å². The van der Waals surface area contributed by atoms with Gasteiger partial charge in [0, 0.05) is 4.90 Å². The molecule has 2 aromatic carbocycles. The lowest BCUT2D eigenvalue weighted by Crippen LogP contribution is -2.09. The van der Waals surface area contributed by atoms with Crippen molar-refractivity contribution in [3.05, 3.63) is 64.9 Å². The number of halogens is 2. The molecule has 2 N–H and O–H groups in total. The topological polar surface area (TPSA) is 75.2 Å². The van der Waals surface area contributed by atoms with Gasteiger partial charge < -0.3 is 14.8 Å². The molecule has 26 heavy (non-hydrogen) atoms. The summed E-state index contributed by atoms with van der Waals surface area (Å²) in [5.74, 6) is -1.16. The molecule has 0 fully saturated rings. The van der Waals surface area contributed by atoms with Crippen LogP contribution in [0.25, 0.3) is 16.6 Å². The van der Waals surface area contributed by atoms with Crippen molar-refractivity contribution < 1.29 is 19.0 Å². The number of fused-ring (bicyclic) bond motifs is 1. The highest BCUT2D eigenvalue weighted by molar-refractivity contribution is 7.99. The standard InChI is InChI=1S/C18H14ClFN2O3S/c1-25-18(24)16(17-21-13-4-2-3-5-14(13)22-17)15(23)9-26-10-6-7-12(20)11(19)8-10/h2-8,23H,9H2,1H3,(H,21,22)/b16-15+. The molecule has 8 heteroatoms. The number of carbonyl (C=O) groups excluding carboxylic acids is 1. The number of H-pyrrole nitrogens is 1. The van der Waals surface area contributed by atoms with Crippen LogP contribution in [0.15, 0.2) is 53.1 Å². The first kappa shape index (κ1) is 18.3. The molecule has 3 aromatic rings. The van der Waals surface area contributed by atoms with E-state index in [9.17, 15) is 14.3 Å². The number of aliphatic hydroxyl groups is 1. The number of carbonyl (C=O) groups is 1. The second kappa shape index (κ2) is 7.80. The molecule has 0 saturated heterocycles. The number of nitrogens with one attached hydrogen (secondary N) is 1. The van der Waals surface area contributed by atoms with Crippen LogP contribution >= 0.6 is 23.4 Å². The Kier molecular flexibility index (Phi) is 5.49. The van der Waals surface area contributed by atoms with Crippen LogP contribution in [0, 0.1) is 5.82 Å². The van der Waals surface area contributed by atoms with Crippen molar-refractivity contribution in [1.29, 1.82) is 0 Å². The number of hydrogen-bond donors (Lipinski definition) is 2. The van der Waals surface area contributed by atoms with Gasteiger partial charge in [-0.2, -0.15) is 0 Å². The molecule has 0 aliphatic rings. The number of aromatic amines is 1. The zero-order chi connectivity index (χ0) is 18.7. The fraction of sp³-hybridized carbons (Fsp3) is 0.111. The number of benzene rings is 2. The average Bonchev–Trinajstić information content (AvgIpc) is 3.06. The molecule has 0 radical (unpaired) electrons. The zero-order valence-electron chi connectivity index (χ0n) is 13.6. The van der Waals surface area contributed by atoms with E-state index in [1.54, 1.807) is 6.07 Å². The van der Waals surface area contributed by atoms with Crippen LogP contribution in [-0.4, -0.2) is 33.9 Å². The second-order valence-electron chi connectivity index (χ2n) is 5.28. The normalized spacial score (nSPS) is 12.1. The molecule has 134 valence electrons. The summed E-state index contributed by atoms with van der Waals surface area (Å²) in [4.78, 5) is 20.1. The summed E-state index contributed by atoms with van der Waals surface area (Å²) >= 11 is 6.95. The number of esters is 1. The van der Waals surface area contributed by atoms with Crippen LogP contribution in [-0.2, 0) is 9.53 Å². The minimum absolute atomic E-state index is 0.0102. The Hall–Kier alpha value is -2.51. The molecular formula is C18H14ClFN2O3S. The van der Waals surface area contributed by atoms with Crippen molar-refractivity contribution in [1.82, 2.24) is 9.97 Å². The molecule has 1 aromatic heterocycles. The molecular weight excluding hydrogens is 379 g/mol. The maximum absolute atomic E-state index is 13.2. The smallest absolute Gasteiger partial charge is 0.345 e. The fourth-order valence-corrected chi connectivity index (χ4v) is 3.37. The number of aliphatic hydroxyl groups excluding tert-OH is 1. The molecule has 0 unspecified atom stereocenters. The summed E-state index contributed by atoms with van der Waals surface area (Å²) in [7, 11) is 1.23. The van der Waals surface area contributed by atoms with E-state index in [-0.39, 0.29) is 27.9 Å². The third kappa shape index (κ3) is 3.84. The first-order valence-electron chi connectivity index (χ1n) is 7.53. The van der Waals surface area contributed by atoms with Crippen molar-refractivity contribution in [3.63, 3.8) is 0 Å². The van der Waals surface area contributed by atoms with Crippen molar-refractivity contribution in [2.24, 2.45) is 0 Å². The van der Waals surface area contributed by atoms with Crippen molar-refractivity contribution in [2.45, 2.75) is 4.90 Å². The minimum Gasteiger partial charge on any atom is -0.510 e. The lowest BCUT2D eigenvalue weighted by molar-refractivity contribution is -0.133. The number of hydrogen-bond acceptors (Lipinski definition) is 5. The fourth-order valence-electron chi connectivity index (χ4n) is 2.31. The van der Waals surface area contributed by atoms with Crippen LogP contribution in [0.3, 0.4) is 0 Å². The van der Waals surface area contributed by atoms with Crippen LogP contribution < -0.4 is 0 Å². The number of imidazole rings is 1. The summed E-state index contributed by atoms with van der Waals surface area (Å²) in [6.07, 6.45) is 0. The van der Waals surface area contributed by atoms with Crippen LogP contribution in [0.2, 0.25) is 5.02 Å². The third-order valence-corrected chi connectivity index (χ3v) is 4.87. The first-order valence-corrected chi connectivity index (χ1v) is 8.89. The van der Waals surface area contributed by atoms with E-state index in [1.807, 2.05) is 18.2 Å². The van der Waals surface area contributed by atoms with Gasteiger partial charge in [0.1, 0.15) is 23.0 Å². The molecule has 0 saturated carbocycles. The Balaban J connectivity index is 1.92. The quantitative estimate of drug-likeness (QED) is 0.287. The van der Waals surface area contributed by atoms with Crippen molar-refractivity contribution in [2.75, 3.05) is 12.9 Å². The lowest BCUT2D eigenvalue weighted by atomic mass is 10.2. The Morgan fingerprint density at radius 1 is 1.35 bits per heavy atom. The molecule has 0 spiro atoms. The molecule has 0 aliphatic heterocycles. The highest BCUT2D eigenvalue weighted by atomic mass is 35.5. The Morgan fingerprint density at radius 2 is 2.12 bits per heavy atom. The molecule has 5 nitrogen and oxygen atoms in total. The summed E-state index contributed by atoms with van der Waals surface area (Å²) in [6, 6.07) is 11.5. The molecule has 3 rings (SSSR count). The van der Waals surface area contributed by atoms with Gasteiger partial charge in [-0.05, 0) is 30.3 Å². The number of thioether (sulfide) groups is 1. The molecule has 0 aliphatic carbocycles. The van der Waals surface area contributed by atoms with Crippen LogP contribution in [0.5, 0.6) is 0 Å². The van der Waals surface area contributed by atoms with Crippen molar-refractivity contribution in [3.8, 4) is 0 Å². The largest absolute Gasteiger partial charge is 0.510 e. The van der Waals surface area contributed by atoms with Gasteiger partial charge in [0.15, 0.2) is 0 Å². The number of para-hydroxylation sites is 2. The van der Waals surface area contributed by atoms with E-state index in [4.69, 9.17) is 16.3 Å². The highest BCUT2D eigenvalue weighted by Gasteiger charge is 2.22. The van der Waals surface area contributed by atoms with Gasteiger partial charge in [-0.3, -0.25) is 0 Å². The summed E-state index contributed by atoms with van der Waals surface area (Å²) in [6.45, 7) is 0. The monoisotopic (exact) mass is 392 g/mol. The minimum atomic E-state index is -0.709.